The summed E-state index contributed by atoms with van der Waals surface area (Å²) < 4.78 is 0. The fourth-order valence-electron chi connectivity index (χ4n) is 0.500. The van der Waals surface area contributed by atoms with Crippen molar-refractivity contribution in [2.24, 2.45) is 0 Å². The fourth-order valence-corrected chi connectivity index (χ4v) is 0.500. The molecule has 0 amide bonds. The van der Waals surface area contributed by atoms with Crippen LogP contribution in [0, 0.1) is 5.41 Å². The highest BCUT2D eigenvalue weighted by Gasteiger charge is 1.75. The molecule has 0 heterocycles. The number of unbranched alkanes of at least 4 members (excludes halogenated alkanes) is 3. The van der Waals surface area contributed by atoms with Gasteiger partial charge in [-0.2, -0.15) is 0 Å². The Labute approximate surface area is 78.3 Å². The summed E-state index contributed by atoms with van der Waals surface area (Å²) in [6.07, 6.45) is 6.79. The summed E-state index contributed by atoms with van der Waals surface area (Å²) in [5.41, 5.74) is 0. The Morgan fingerprint density at radius 1 is 1.08 bits per heavy atom. The molecule has 0 unspecified atom stereocenters. The first-order valence-electron chi connectivity index (χ1n) is 4.78. The van der Waals surface area contributed by atoms with Crippen LogP contribution in [0.5, 0.6) is 0 Å². The van der Waals surface area contributed by atoms with Crippen LogP contribution in [0.2, 0.25) is 0 Å². The molecule has 0 radical (unpaired) electrons. The molecule has 0 spiro atoms. The Kier molecular flexibility index (Phi) is 45.7. The lowest BCUT2D eigenvalue weighted by Crippen LogP contribution is -1.89. The average molecular weight is 174 g/mol. The van der Waals surface area contributed by atoms with E-state index in [1.165, 1.54) is 31.9 Å². The van der Waals surface area contributed by atoms with E-state index in [2.05, 4.69) is 19.2 Å². The first-order chi connectivity index (χ1) is 5.74. The molecular weight excluding hydrogens is 148 g/mol. The van der Waals surface area contributed by atoms with Crippen molar-refractivity contribution in [3.05, 3.63) is 0 Å². The third-order valence-electron chi connectivity index (χ3n) is 0.957. The maximum atomic E-state index is 6.08. The van der Waals surface area contributed by atoms with E-state index in [1.807, 2.05) is 14.1 Å². The van der Waals surface area contributed by atoms with E-state index in [0.717, 1.165) is 0 Å². The van der Waals surface area contributed by atoms with Gasteiger partial charge in [0, 0.05) is 0 Å². The first-order valence-corrected chi connectivity index (χ1v) is 4.78. The molecule has 0 fully saturated rings. The van der Waals surface area contributed by atoms with E-state index in [1.54, 1.807) is 6.92 Å². The van der Waals surface area contributed by atoms with Crippen LogP contribution >= 0.6 is 0 Å². The highest BCUT2D eigenvalue weighted by Crippen LogP contribution is 1.95. The molecule has 2 N–H and O–H groups in total. The largest absolute Gasteiger partial charge is 0.323 e. The number of rotatable bonds is 3. The second-order valence-corrected chi connectivity index (χ2v) is 2.50. The summed E-state index contributed by atoms with van der Waals surface area (Å²) >= 11 is 0. The van der Waals surface area contributed by atoms with Gasteiger partial charge in [-0.1, -0.05) is 39.5 Å². The number of hydrogen-bond acceptors (Lipinski definition) is 2. The van der Waals surface area contributed by atoms with Gasteiger partial charge in [-0.25, -0.2) is 0 Å². The fraction of sp³-hybridized carbons (Fsp3) is 0.900. The van der Waals surface area contributed by atoms with Crippen molar-refractivity contribution in [1.82, 2.24) is 5.32 Å². The van der Waals surface area contributed by atoms with E-state index in [0.29, 0.717) is 0 Å². The van der Waals surface area contributed by atoms with Gasteiger partial charge in [-0.15, -0.1) is 0 Å². The van der Waals surface area contributed by atoms with Gasteiger partial charge < -0.3 is 10.7 Å². The molecular formula is C10H26N2. The van der Waals surface area contributed by atoms with Gasteiger partial charge >= 0.3 is 0 Å². The summed E-state index contributed by atoms with van der Waals surface area (Å²) in [7, 11) is 3.75. The van der Waals surface area contributed by atoms with Gasteiger partial charge in [0.15, 0.2) is 0 Å². The van der Waals surface area contributed by atoms with Crippen LogP contribution in [0.4, 0.5) is 0 Å². The first kappa shape index (κ1) is 17.6. The summed E-state index contributed by atoms with van der Waals surface area (Å²) in [5, 5.41) is 8.83. The number of hydrogen-bond donors (Lipinski definition) is 2. The predicted octanol–water partition coefficient (Wildman–Crippen LogP) is 3.08. The highest BCUT2D eigenvalue weighted by molar-refractivity contribution is 5.48. The number of nitrogens with one attached hydrogen (secondary N) is 2. The van der Waals surface area contributed by atoms with Gasteiger partial charge in [0.25, 0.3) is 0 Å². The van der Waals surface area contributed by atoms with E-state index in [-0.39, 0.29) is 0 Å². The normalized spacial score (nSPS) is 7.08. The molecule has 12 heavy (non-hydrogen) atoms. The smallest absolute Gasteiger partial charge is 0.00788 e. The van der Waals surface area contributed by atoms with Gasteiger partial charge in [0.1, 0.15) is 0 Å². The second kappa shape index (κ2) is 31.1. The molecule has 2 heteroatoms. The maximum absolute atomic E-state index is 6.08. The van der Waals surface area contributed by atoms with Gasteiger partial charge in [-0.3, -0.25) is 0 Å². The molecule has 0 aromatic rings. The Bertz CT molecular complexity index is 49.8. The van der Waals surface area contributed by atoms with E-state index < -0.39 is 0 Å². The molecule has 0 aromatic carbocycles. The van der Waals surface area contributed by atoms with E-state index in [9.17, 15) is 0 Å². The molecule has 0 atom stereocenters. The lowest BCUT2D eigenvalue weighted by Gasteiger charge is -1.86. The summed E-state index contributed by atoms with van der Waals surface area (Å²) in [6.45, 7) is 6.13. The molecule has 0 aliphatic carbocycles. The molecule has 0 saturated heterocycles. The van der Waals surface area contributed by atoms with Crippen molar-refractivity contribution in [1.29, 1.82) is 5.41 Å². The molecule has 76 valence electrons. The maximum Gasteiger partial charge on any atom is -0.00788 e. The van der Waals surface area contributed by atoms with Crippen LogP contribution in [0.15, 0.2) is 0 Å². The van der Waals surface area contributed by atoms with Gasteiger partial charge in [0.05, 0.1) is 0 Å². The van der Waals surface area contributed by atoms with Gasteiger partial charge in [-0.05, 0) is 27.2 Å². The Morgan fingerprint density at radius 3 is 1.33 bits per heavy atom. The van der Waals surface area contributed by atoms with Crippen molar-refractivity contribution in [2.75, 3.05) is 14.1 Å². The van der Waals surface area contributed by atoms with Crippen LogP contribution in [-0.2, 0) is 0 Å². The summed E-state index contributed by atoms with van der Waals surface area (Å²) in [4.78, 5) is 0. The zero-order valence-electron chi connectivity index (χ0n) is 9.41. The Morgan fingerprint density at radius 2 is 1.25 bits per heavy atom. The molecule has 0 saturated carbocycles. The Hall–Kier alpha value is -0.370. The standard InChI is InChI=1S/C6H14.C2H7N.C2H5N/c1-3-5-6-4-2;1-3-2;1-2-3/h3-6H2,1-2H3;3H,1-2H3;2-3H,1H3. The summed E-state index contributed by atoms with van der Waals surface area (Å²) in [5.74, 6) is 0. The topological polar surface area (TPSA) is 35.9 Å². The van der Waals surface area contributed by atoms with Crippen molar-refractivity contribution in [3.8, 4) is 0 Å². The average Bonchev–Trinajstić information content (AvgIpc) is 2.04. The molecule has 0 aliphatic heterocycles. The molecule has 0 rings (SSSR count). The van der Waals surface area contributed by atoms with Crippen LogP contribution in [0.25, 0.3) is 0 Å². The minimum atomic E-state index is 1.25. The molecule has 0 aromatic heterocycles. The van der Waals surface area contributed by atoms with Crippen LogP contribution < -0.4 is 5.32 Å². The third kappa shape index (κ3) is 104. The second-order valence-electron chi connectivity index (χ2n) is 2.50. The van der Waals surface area contributed by atoms with Crippen molar-refractivity contribution < 1.29 is 0 Å². The Balaban J connectivity index is -0.000000115. The quantitative estimate of drug-likeness (QED) is 0.500. The zero-order valence-corrected chi connectivity index (χ0v) is 9.41. The van der Waals surface area contributed by atoms with Gasteiger partial charge in [0.2, 0.25) is 0 Å². The molecule has 0 bridgehead atoms. The zero-order chi connectivity index (χ0) is 10.2. The minimum absolute atomic E-state index is 1.25. The van der Waals surface area contributed by atoms with Crippen molar-refractivity contribution >= 4 is 6.21 Å². The lowest BCUT2D eigenvalue weighted by molar-refractivity contribution is 0.702. The van der Waals surface area contributed by atoms with Crippen LogP contribution in [0.3, 0.4) is 0 Å². The van der Waals surface area contributed by atoms with E-state index >= 15 is 0 Å². The minimum Gasteiger partial charge on any atom is -0.323 e. The van der Waals surface area contributed by atoms with Crippen LogP contribution in [-0.4, -0.2) is 20.3 Å². The molecule has 0 aliphatic rings. The van der Waals surface area contributed by atoms with Crippen molar-refractivity contribution in [2.45, 2.75) is 46.5 Å². The lowest BCUT2D eigenvalue weighted by atomic mass is 10.2. The highest BCUT2D eigenvalue weighted by atomic mass is 14.7. The third-order valence-corrected chi connectivity index (χ3v) is 0.957. The predicted molar refractivity (Wildman–Crippen MR) is 59.3 cm³/mol. The molecule has 2 nitrogen and oxygen atoms in total. The summed E-state index contributed by atoms with van der Waals surface area (Å²) in [6, 6.07) is 0. The SMILES string of the molecule is CC=N.CCCCCC.CNC. The van der Waals surface area contributed by atoms with E-state index in [4.69, 9.17) is 5.41 Å². The van der Waals surface area contributed by atoms with Crippen LogP contribution in [0.1, 0.15) is 46.5 Å². The van der Waals surface area contributed by atoms with Crippen molar-refractivity contribution in [3.63, 3.8) is 0 Å². The monoisotopic (exact) mass is 174 g/mol.